The fourth-order valence-electron chi connectivity index (χ4n) is 1.19. The number of rotatable bonds is 8. The summed E-state index contributed by atoms with van der Waals surface area (Å²) in [6.07, 6.45) is 7.37. The third-order valence-corrected chi connectivity index (χ3v) is 1.96. The van der Waals surface area contributed by atoms with E-state index in [1.165, 1.54) is 25.7 Å². The first kappa shape index (κ1) is 12.4. The fraction of sp³-hybridized carbons (Fsp3) is 0.900. The van der Waals surface area contributed by atoms with Crippen LogP contribution in [0.15, 0.2) is 0 Å². The molecular formula is C10H20O3. The summed E-state index contributed by atoms with van der Waals surface area (Å²) in [5, 5.41) is 8.27. The molecule has 13 heavy (non-hydrogen) atoms. The smallest absolute Gasteiger partial charge is 0.307 e. The van der Waals surface area contributed by atoms with Crippen LogP contribution in [0.1, 0.15) is 51.9 Å². The van der Waals surface area contributed by atoms with Gasteiger partial charge in [0.05, 0.1) is 0 Å². The molecule has 0 unspecified atom stereocenters. The van der Waals surface area contributed by atoms with Gasteiger partial charge >= 0.3 is 5.97 Å². The van der Waals surface area contributed by atoms with Crippen LogP contribution in [-0.4, -0.2) is 17.9 Å². The van der Waals surface area contributed by atoms with Crippen LogP contribution in [-0.2, 0) is 9.53 Å². The second kappa shape index (κ2) is 9.52. The van der Waals surface area contributed by atoms with E-state index in [4.69, 9.17) is 5.11 Å². The zero-order chi connectivity index (χ0) is 9.94. The van der Waals surface area contributed by atoms with Crippen LogP contribution >= 0.6 is 0 Å². The largest absolute Gasteiger partial charge is 0.439 e. The van der Waals surface area contributed by atoms with Crippen molar-refractivity contribution in [2.24, 2.45) is 0 Å². The van der Waals surface area contributed by atoms with Crippen molar-refractivity contribution >= 4 is 5.97 Å². The van der Waals surface area contributed by atoms with Gasteiger partial charge in [0.25, 0.3) is 0 Å². The van der Waals surface area contributed by atoms with E-state index in [9.17, 15) is 4.79 Å². The Labute approximate surface area is 80.1 Å². The number of carbonyl (C=O) groups is 1. The second-order valence-corrected chi connectivity index (χ2v) is 3.16. The molecular weight excluding hydrogens is 168 g/mol. The van der Waals surface area contributed by atoms with Crippen molar-refractivity contribution in [1.82, 2.24) is 0 Å². The number of esters is 1. The number of hydrogen-bond acceptors (Lipinski definition) is 3. The molecule has 0 aromatic carbocycles. The molecule has 0 aliphatic rings. The summed E-state index contributed by atoms with van der Waals surface area (Å²) >= 11 is 0. The molecule has 3 heteroatoms. The van der Waals surface area contributed by atoms with Crippen LogP contribution in [0.4, 0.5) is 0 Å². The Morgan fingerprint density at radius 1 is 1.15 bits per heavy atom. The van der Waals surface area contributed by atoms with Gasteiger partial charge in [-0.15, -0.1) is 0 Å². The summed E-state index contributed by atoms with van der Waals surface area (Å²) < 4.78 is 4.39. The van der Waals surface area contributed by atoms with Crippen LogP contribution in [0.25, 0.3) is 0 Å². The number of hydrogen-bond donors (Lipinski definition) is 1. The van der Waals surface area contributed by atoms with Crippen molar-refractivity contribution in [3.8, 4) is 0 Å². The summed E-state index contributed by atoms with van der Waals surface area (Å²) in [5.41, 5.74) is 0. The lowest BCUT2D eigenvalue weighted by atomic mass is 10.1. The Morgan fingerprint density at radius 3 is 2.38 bits per heavy atom. The Morgan fingerprint density at radius 2 is 1.77 bits per heavy atom. The van der Waals surface area contributed by atoms with Crippen molar-refractivity contribution in [3.63, 3.8) is 0 Å². The number of ether oxygens (including phenoxy) is 1. The van der Waals surface area contributed by atoms with Crippen molar-refractivity contribution in [1.29, 1.82) is 0 Å². The summed E-state index contributed by atoms with van der Waals surface area (Å²) in [4.78, 5) is 10.7. The van der Waals surface area contributed by atoms with E-state index in [0.29, 0.717) is 6.42 Å². The van der Waals surface area contributed by atoms with E-state index >= 15 is 0 Å². The molecule has 0 spiro atoms. The summed E-state index contributed by atoms with van der Waals surface area (Å²) in [6.45, 7) is 1.69. The van der Waals surface area contributed by atoms with Crippen molar-refractivity contribution in [2.75, 3.05) is 6.79 Å². The molecule has 0 saturated carbocycles. The number of carbonyl (C=O) groups excluding carboxylic acids is 1. The molecule has 0 radical (unpaired) electrons. The van der Waals surface area contributed by atoms with E-state index in [-0.39, 0.29) is 5.97 Å². The lowest BCUT2D eigenvalue weighted by Gasteiger charge is -2.00. The molecule has 0 heterocycles. The highest BCUT2D eigenvalue weighted by molar-refractivity contribution is 5.69. The van der Waals surface area contributed by atoms with Gasteiger partial charge in [0.1, 0.15) is 0 Å². The molecule has 78 valence electrons. The molecule has 0 aromatic heterocycles. The zero-order valence-electron chi connectivity index (χ0n) is 8.42. The van der Waals surface area contributed by atoms with Gasteiger partial charge < -0.3 is 9.84 Å². The lowest BCUT2D eigenvalue weighted by Crippen LogP contribution is -2.04. The van der Waals surface area contributed by atoms with Gasteiger partial charge in [0.15, 0.2) is 6.79 Å². The highest BCUT2D eigenvalue weighted by Gasteiger charge is 2.00. The molecule has 0 aliphatic heterocycles. The van der Waals surface area contributed by atoms with Crippen molar-refractivity contribution < 1.29 is 14.6 Å². The Kier molecular flexibility index (Phi) is 9.10. The normalized spacial score (nSPS) is 10.0. The number of aliphatic hydroxyl groups excluding tert-OH is 1. The first-order chi connectivity index (χ1) is 6.31. The van der Waals surface area contributed by atoms with E-state index in [0.717, 1.165) is 12.8 Å². The van der Waals surface area contributed by atoms with Gasteiger partial charge in [-0.2, -0.15) is 0 Å². The monoisotopic (exact) mass is 188 g/mol. The average molecular weight is 188 g/mol. The minimum absolute atomic E-state index is 0.294. The van der Waals surface area contributed by atoms with E-state index in [2.05, 4.69) is 11.7 Å². The molecule has 0 rings (SSSR count). The third kappa shape index (κ3) is 9.34. The predicted molar refractivity (Wildman–Crippen MR) is 51.2 cm³/mol. The van der Waals surface area contributed by atoms with Gasteiger partial charge in [-0.3, -0.25) is 4.79 Å². The Hall–Kier alpha value is -0.570. The Balaban J connectivity index is 3.02. The van der Waals surface area contributed by atoms with E-state index in [1.54, 1.807) is 0 Å². The maximum Gasteiger partial charge on any atom is 0.307 e. The number of aliphatic hydroxyl groups is 1. The van der Waals surface area contributed by atoms with Gasteiger partial charge in [-0.1, -0.05) is 39.0 Å². The molecule has 0 aliphatic carbocycles. The highest BCUT2D eigenvalue weighted by atomic mass is 16.6. The maximum atomic E-state index is 10.7. The highest BCUT2D eigenvalue weighted by Crippen LogP contribution is 2.07. The summed E-state index contributed by atoms with van der Waals surface area (Å²) in [7, 11) is 0. The van der Waals surface area contributed by atoms with Crippen LogP contribution in [0.5, 0.6) is 0 Å². The van der Waals surface area contributed by atoms with Gasteiger partial charge in [0, 0.05) is 6.42 Å². The minimum Gasteiger partial charge on any atom is -0.439 e. The first-order valence-electron chi connectivity index (χ1n) is 5.07. The topological polar surface area (TPSA) is 46.5 Å². The van der Waals surface area contributed by atoms with Crippen molar-refractivity contribution in [3.05, 3.63) is 0 Å². The van der Waals surface area contributed by atoms with Crippen LogP contribution in [0.3, 0.4) is 0 Å². The third-order valence-electron chi connectivity index (χ3n) is 1.96. The molecule has 1 N–H and O–H groups in total. The molecule has 0 bridgehead atoms. The van der Waals surface area contributed by atoms with Gasteiger partial charge in [-0.05, 0) is 6.42 Å². The van der Waals surface area contributed by atoms with Crippen molar-refractivity contribution in [2.45, 2.75) is 51.9 Å². The van der Waals surface area contributed by atoms with E-state index < -0.39 is 6.79 Å². The Bertz CT molecular complexity index is 123. The summed E-state index contributed by atoms with van der Waals surface area (Å²) in [5.74, 6) is -0.294. The van der Waals surface area contributed by atoms with Gasteiger partial charge in [-0.25, -0.2) is 0 Å². The molecule has 0 saturated heterocycles. The summed E-state index contributed by atoms with van der Waals surface area (Å²) in [6, 6.07) is 0. The number of unbranched alkanes of at least 4 members (excludes halogenated alkanes) is 5. The van der Waals surface area contributed by atoms with E-state index in [1.807, 2.05) is 0 Å². The van der Waals surface area contributed by atoms with Crippen LogP contribution in [0.2, 0.25) is 0 Å². The minimum atomic E-state index is -0.491. The zero-order valence-corrected chi connectivity index (χ0v) is 8.42. The lowest BCUT2D eigenvalue weighted by molar-refractivity contribution is -0.151. The molecule has 0 aromatic rings. The maximum absolute atomic E-state index is 10.7. The molecule has 0 amide bonds. The molecule has 0 fully saturated rings. The predicted octanol–water partition coefficient (Wildman–Crippen LogP) is 2.23. The second-order valence-electron chi connectivity index (χ2n) is 3.16. The quantitative estimate of drug-likeness (QED) is 0.361. The average Bonchev–Trinajstić information content (AvgIpc) is 2.11. The first-order valence-corrected chi connectivity index (χ1v) is 5.07. The standard InChI is InChI=1S/C10H20O3/c1-2-3-4-5-6-7-8-10(12)13-9-11/h11H,2-9H2,1H3. The van der Waals surface area contributed by atoms with Crippen LogP contribution in [0, 0.1) is 0 Å². The molecule has 0 atom stereocenters. The molecule has 3 nitrogen and oxygen atoms in total. The fourth-order valence-corrected chi connectivity index (χ4v) is 1.19. The van der Waals surface area contributed by atoms with Crippen LogP contribution < -0.4 is 0 Å². The van der Waals surface area contributed by atoms with Gasteiger partial charge in [0.2, 0.25) is 0 Å². The SMILES string of the molecule is CCCCCCCCC(=O)OCO.